The van der Waals surface area contributed by atoms with Crippen molar-refractivity contribution in [3.8, 4) is 16.9 Å². The van der Waals surface area contributed by atoms with Crippen LogP contribution >= 0.6 is 24.8 Å². The quantitative estimate of drug-likeness (QED) is 0.269. The van der Waals surface area contributed by atoms with Crippen LogP contribution in [0.15, 0.2) is 60.8 Å². The minimum Gasteiger partial charge on any atom is -0.481 e. The van der Waals surface area contributed by atoms with Gasteiger partial charge in [0.25, 0.3) is 5.91 Å². The summed E-state index contributed by atoms with van der Waals surface area (Å²) >= 11 is 0. The minimum absolute atomic E-state index is 0. The van der Waals surface area contributed by atoms with E-state index in [0.717, 1.165) is 36.2 Å². The largest absolute Gasteiger partial charge is 0.573 e. The summed E-state index contributed by atoms with van der Waals surface area (Å²) in [5.74, 6) is -1.31. The summed E-state index contributed by atoms with van der Waals surface area (Å²) in [6, 6.07) is 15.1. The van der Waals surface area contributed by atoms with E-state index in [1.165, 1.54) is 12.1 Å². The first kappa shape index (κ1) is 34.9. The van der Waals surface area contributed by atoms with Crippen LogP contribution in [0.2, 0.25) is 0 Å². The Morgan fingerprint density at radius 3 is 2.23 bits per heavy atom. The Bertz CT molecular complexity index is 1420. The van der Waals surface area contributed by atoms with E-state index in [9.17, 15) is 27.9 Å². The van der Waals surface area contributed by atoms with E-state index in [4.69, 9.17) is 0 Å². The Morgan fingerprint density at radius 2 is 1.66 bits per heavy atom. The van der Waals surface area contributed by atoms with Gasteiger partial charge in [-0.25, -0.2) is 4.98 Å². The molecule has 8 nitrogen and oxygen atoms in total. The third-order valence-corrected chi connectivity index (χ3v) is 8.03. The molecular formula is C31H35Cl2F3N4O4. The van der Waals surface area contributed by atoms with Crippen molar-refractivity contribution in [3.63, 3.8) is 0 Å². The van der Waals surface area contributed by atoms with Gasteiger partial charge in [0.15, 0.2) is 0 Å². The number of nitrogens with zero attached hydrogens (tertiary/aromatic N) is 3. The molecule has 0 saturated carbocycles. The molecule has 2 fully saturated rings. The van der Waals surface area contributed by atoms with Crippen LogP contribution in [0, 0.1) is 5.92 Å². The first-order valence-electron chi connectivity index (χ1n) is 14.0. The summed E-state index contributed by atoms with van der Waals surface area (Å²) in [5.41, 5.74) is 3.76. The number of hydrogen-bond acceptors (Lipinski definition) is 6. The Kier molecular flexibility index (Phi) is 11.9. The van der Waals surface area contributed by atoms with E-state index in [-0.39, 0.29) is 42.4 Å². The number of alkyl halides is 3. The third kappa shape index (κ3) is 8.77. The van der Waals surface area contributed by atoms with Crippen LogP contribution in [-0.2, 0) is 11.3 Å². The van der Waals surface area contributed by atoms with E-state index in [2.05, 4.69) is 31.8 Å². The van der Waals surface area contributed by atoms with Gasteiger partial charge in [-0.1, -0.05) is 12.1 Å². The molecule has 238 valence electrons. The number of carboxylic acid groups (broad SMARTS) is 1. The number of piperidine rings is 1. The van der Waals surface area contributed by atoms with Crippen molar-refractivity contribution in [1.29, 1.82) is 0 Å². The number of carbonyl (C=O) groups is 2. The summed E-state index contributed by atoms with van der Waals surface area (Å²) < 4.78 is 41.9. The smallest absolute Gasteiger partial charge is 0.481 e. The van der Waals surface area contributed by atoms with E-state index in [1.54, 1.807) is 30.5 Å². The fraction of sp³-hybridized carbons (Fsp3) is 0.387. The van der Waals surface area contributed by atoms with E-state index >= 15 is 0 Å². The van der Waals surface area contributed by atoms with Crippen LogP contribution in [0.5, 0.6) is 5.75 Å². The van der Waals surface area contributed by atoms with Gasteiger partial charge in [0.1, 0.15) is 11.6 Å². The molecule has 44 heavy (non-hydrogen) atoms. The predicted octanol–water partition coefficient (Wildman–Crippen LogP) is 7.03. The molecule has 2 N–H and O–H groups in total. The number of carbonyl (C=O) groups excluding carboxylic acids is 1. The van der Waals surface area contributed by atoms with Gasteiger partial charge in [-0.2, -0.15) is 0 Å². The van der Waals surface area contributed by atoms with Crippen LogP contribution in [0.3, 0.4) is 0 Å². The normalized spacial score (nSPS) is 17.4. The molecule has 0 radical (unpaired) electrons. The van der Waals surface area contributed by atoms with E-state index in [1.807, 2.05) is 18.2 Å². The molecule has 13 heteroatoms. The maximum Gasteiger partial charge on any atom is 0.573 e. The molecule has 1 atom stereocenters. The zero-order valence-corrected chi connectivity index (χ0v) is 25.7. The first-order valence-corrected chi connectivity index (χ1v) is 14.0. The molecule has 2 aromatic carbocycles. The molecule has 2 saturated heterocycles. The van der Waals surface area contributed by atoms with Gasteiger partial charge in [0, 0.05) is 48.7 Å². The lowest BCUT2D eigenvalue weighted by Crippen LogP contribution is -2.36. The molecule has 0 aliphatic carbocycles. The van der Waals surface area contributed by atoms with Crippen LogP contribution in [-0.4, -0.2) is 58.9 Å². The maximum absolute atomic E-state index is 13.1. The second kappa shape index (κ2) is 15.0. The number of rotatable bonds is 8. The molecule has 5 rings (SSSR count). The molecule has 0 unspecified atom stereocenters. The fourth-order valence-corrected chi connectivity index (χ4v) is 5.64. The van der Waals surface area contributed by atoms with Gasteiger partial charge in [-0.3, -0.25) is 14.5 Å². The molecular weight excluding hydrogens is 620 g/mol. The number of pyridine rings is 1. The molecule has 0 spiro atoms. The average molecular weight is 656 g/mol. The van der Waals surface area contributed by atoms with Crippen molar-refractivity contribution in [2.24, 2.45) is 5.92 Å². The average Bonchev–Trinajstić information content (AvgIpc) is 3.37. The zero-order valence-electron chi connectivity index (χ0n) is 24.0. The van der Waals surface area contributed by atoms with Crippen molar-refractivity contribution >= 4 is 48.2 Å². The predicted molar refractivity (Wildman–Crippen MR) is 167 cm³/mol. The number of aromatic nitrogens is 1. The van der Waals surface area contributed by atoms with Crippen LogP contribution in [0.25, 0.3) is 11.1 Å². The van der Waals surface area contributed by atoms with Crippen molar-refractivity contribution < 1.29 is 32.6 Å². The number of likely N-dealkylation sites (tertiary alicyclic amines) is 1. The highest BCUT2D eigenvalue weighted by Crippen LogP contribution is 2.31. The Morgan fingerprint density at radius 1 is 1.00 bits per heavy atom. The lowest BCUT2D eigenvalue weighted by molar-refractivity contribution is -0.274. The number of hydrogen-bond donors (Lipinski definition) is 2. The van der Waals surface area contributed by atoms with Gasteiger partial charge in [0.2, 0.25) is 0 Å². The fourth-order valence-electron chi connectivity index (χ4n) is 5.64. The second-order valence-corrected chi connectivity index (χ2v) is 10.9. The summed E-state index contributed by atoms with van der Waals surface area (Å²) in [5, 5.41) is 12.1. The van der Waals surface area contributed by atoms with Gasteiger partial charge >= 0.3 is 12.3 Å². The zero-order chi connectivity index (χ0) is 29.9. The maximum atomic E-state index is 13.1. The Balaban J connectivity index is 0.00000264. The minimum atomic E-state index is -4.76. The molecule has 2 aliphatic rings. The lowest BCUT2D eigenvalue weighted by Gasteiger charge is -2.32. The highest BCUT2D eigenvalue weighted by Gasteiger charge is 2.31. The topological polar surface area (TPSA) is 95.0 Å². The molecule has 1 amide bonds. The van der Waals surface area contributed by atoms with Gasteiger partial charge in [0.05, 0.1) is 5.92 Å². The summed E-state index contributed by atoms with van der Waals surface area (Å²) in [6.45, 7) is 5.00. The van der Waals surface area contributed by atoms with Crippen molar-refractivity contribution in [3.05, 3.63) is 71.9 Å². The standard InChI is InChI=1S/C31H33F3N4O4.2ClH/c1-20-3-2-14-38(20)19-24-17-28(35-18-27(24)21-6-10-26(11-7-21)42-31(32,33)34)36-29(39)22-4-8-25(9-5-22)37-15-12-23(13-16-37)30(40)41;;/h4-11,17-18,20,23H,2-3,12-16,19H2,1H3,(H,40,41)(H,35,36,39);2*1H/t20-;;/m1../s1. The third-order valence-electron chi connectivity index (χ3n) is 8.03. The summed E-state index contributed by atoms with van der Waals surface area (Å²) in [7, 11) is 0. The van der Waals surface area contributed by atoms with Crippen molar-refractivity contribution in [2.75, 3.05) is 29.9 Å². The van der Waals surface area contributed by atoms with E-state index < -0.39 is 12.3 Å². The van der Waals surface area contributed by atoms with Gasteiger partial charge in [-0.05, 0) is 92.7 Å². The lowest BCUT2D eigenvalue weighted by atomic mass is 9.96. The van der Waals surface area contributed by atoms with Gasteiger partial charge < -0.3 is 20.1 Å². The molecule has 0 bridgehead atoms. The summed E-state index contributed by atoms with van der Waals surface area (Å²) in [6.07, 6.45) is 0.213. The number of halogens is 5. The van der Waals surface area contributed by atoms with Gasteiger partial charge in [-0.15, -0.1) is 38.0 Å². The molecule has 2 aliphatic heterocycles. The highest BCUT2D eigenvalue weighted by molar-refractivity contribution is 6.04. The number of nitrogens with one attached hydrogen (secondary N) is 1. The number of anilines is 2. The second-order valence-electron chi connectivity index (χ2n) is 10.9. The number of carboxylic acids is 1. The SMILES string of the molecule is C[C@@H]1CCCN1Cc1cc(NC(=O)c2ccc(N3CCC(C(=O)O)CC3)cc2)ncc1-c1ccc(OC(F)(F)F)cc1.Cl.Cl. The number of amides is 1. The van der Waals surface area contributed by atoms with E-state index in [0.29, 0.717) is 55.5 Å². The number of ether oxygens (including phenoxy) is 1. The number of benzene rings is 2. The number of aliphatic carboxylic acids is 1. The summed E-state index contributed by atoms with van der Waals surface area (Å²) in [4.78, 5) is 33.2. The van der Waals surface area contributed by atoms with Crippen molar-refractivity contribution in [2.45, 2.75) is 51.6 Å². The van der Waals surface area contributed by atoms with Crippen LogP contribution in [0.4, 0.5) is 24.7 Å². The highest BCUT2D eigenvalue weighted by atomic mass is 35.5. The van der Waals surface area contributed by atoms with Crippen LogP contribution < -0.4 is 15.0 Å². The van der Waals surface area contributed by atoms with Crippen molar-refractivity contribution in [1.82, 2.24) is 9.88 Å². The Hall–Kier alpha value is -3.54. The molecule has 3 aromatic rings. The first-order chi connectivity index (χ1) is 20.1. The monoisotopic (exact) mass is 654 g/mol. The molecule has 3 heterocycles. The Labute approximate surface area is 266 Å². The van der Waals surface area contributed by atoms with Crippen LogP contribution in [0.1, 0.15) is 48.5 Å². The molecule has 1 aromatic heterocycles.